The fraction of sp³-hybridized carbons (Fsp3) is 0.231. The van der Waals surface area contributed by atoms with Crippen LogP contribution in [0.1, 0.15) is 21.6 Å². The third-order valence-electron chi connectivity index (χ3n) is 2.89. The minimum absolute atomic E-state index is 0.0343. The number of ether oxygens (including phenoxy) is 1. The van der Waals surface area contributed by atoms with Crippen LogP contribution in [0, 0.1) is 0 Å². The third-order valence-corrected chi connectivity index (χ3v) is 3.94. The summed E-state index contributed by atoms with van der Waals surface area (Å²) in [6.07, 6.45) is 1.25. The van der Waals surface area contributed by atoms with Crippen molar-refractivity contribution in [3.63, 3.8) is 0 Å². The number of rotatable bonds is 3. The molecular formula is C13H10BrNO2S. The van der Waals surface area contributed by atoms with Crippen LogP contribution in [0.3, 0.4) is 0 Å². The van der Waals surface area contributed by atoms with Crippen LogP contribution in [-0.4, -0.2) is 17.4 Å². The summed E-state index contributed by atoms with van der Waals surface area (Å²) >= 11 is 4.91. The summed E-state index contributed by atoms with van der Waals surface area (Å²) < 4.78 is 6.61. The minimum Gasteiger partial charge on any atom is -0.493 e. The lowest BCUT2D eigenvalue weighted by atomic mass is 10.0. The molecule has 0 saturated heterocycles. The van der Waals surface area contributed by atoms with Crippen LogP contribution >= 0.6 is 27.3 Å². The number of hydrogen-bond donors (Lipinski definition) is 0. The molecule has 0 unspecified atom stereocenters. The Morgan fingerprint density at radius 3 is 3.17 bits per heavy atom. The molecule has 92 valence electrons. The number of thiazole rings is 1. The average Bonchev–Trinajstić information content (AvgIpc) is 2.98. The van der Waals surface area contributed by atoms with E-state index in [1.165, 1.54) is 16.9 Å². The topological polar surface area (TPSA) is 39.2 Å². The van der Waals surface area contributed by atoms with E-state index >= 15 is 0 Å². The predicted octanol–water partition coefficient (Wildman–Crippen LogP) is 3.27. The van der Waals surface area contributed by atoms with E-state index in [-0.39, 0.29) is 5.78 Å². The van der Waals surface area contributed by atoms with E-state index in [4.69, 9.17) is 4.74 Å². The number of benzene rings is 1. The molecule has 0 saturated carbocycles. The molecule has 2 aromatic rings. The molecular weight excluding hydrogens is 314 g/mol. The fourth-order valence-electron chi connectivity index (χ4n) is 2.09. The molecule has 3 nitrogen and oxygen atoms in total. The number of nitrogens with zero attached hydrogens (tertiary/aromatic N) is 1. The van der Waals surface area contributed by atoms with Gasteiger partial charge in [0, 0.05) is 28.3 Å². The van der Waals surface area contributed by atoms with E-state index in [2.05, 4.69) is 27.0 Å². The molecule has 1 aromatic heterocycles. The highest BCUT2D eigenvalue weighted by Gasteiger charge is 2.20. The number of halogens is 1. The zero-order valence-electron chi connectivity index (χ0n) is 9.48. The Hall–Kier alpha value is -1.20. The Balaban J connectivity index is 1.91. The average molecular weight is 324 g/mol. The van der Waals surface area contributed by atoms with E-state index < -0.39 is 0 Å². The number of carbonyl (C=O) groups is 1. The number of hydrogen-bond acceptors (Lipinski definition) is 4. The molecule has 0 N–H and O–H groups in total. The SMILES string of the molecule is O=C(Cc1cc(Br)cc2c1OCC2)c1cscn1. The van der Waals surface area contributed by atoms with Crippen molar-refractivity contribution in [2.45, 2.75) is 12.8 Å². The van der Waals surface area contributed by atoms with Crippen molar-refractivity contribution >= 4 is 33.0 Å². The summed E-state index contributed by atoms with van der Waals surface area (Å²) in [5.41, 5.74) is 4.32. The van der Waals surface area contributed by atoms with Gasteiger partial charge in [0.05, 0.1) is 12.1 Å². The van der Waals surface area contributed by atoms with Gasteiger partial charge in [-0.15, -0.1) is 11.3 Å². The van der Waals surface area contributed by atoms with Crippen molar-refractivity contribution in [3.05, 3.63) is 44.3 Å². The van der Waals surface area contributed by atoms with Gasteiger partial charge in [0.25, 0.3) is 0 Å². The first-order valence-electron chi connectivity index (χ1n) is 5.59. The van der Waals surface area contributed by atoms with Crippen LogP contribution < -0.4 is 4.74 Å². The van der Waals surface area contributed by atoms with Crippen LogP contribution in [0.4, 0.5) is 0 Å². The first-order chi connectivity index (χ1) is 8.74. The van der Waals surface area contributed by atoms with Gasteiger partial charge in [-0.1, -0.05) is 15.9 Å². The Bertz CT molecular complexity index is 595. The first kappa shape index (κ1) is 11.9. The lowest BCUT2D eigenvalue weighted by Crippen LogP contribution is -2.05. The molecule has 1 aliphatic rings. The zero-order valence-corrected chi connectivity index (χ0v) is 11.9. The highest BCUT2D eigenvalue weighted by molar-refractivity contribution is 9.10. The van der Waals surface area contributed by atoms with Gasteiger partial charge in [-0.05, 0) is 17.7 Å². The van der Waals surface area contributed by atoms with E-state index in [9.17, 15) is 4.79 Å². The van der Waals surface area contributed by atoms with Crippen LogP contribution in [0.2, 0.25) is 0 Å². The molecule has 1 aromatic carbocycles. The lowest BCUT2D eigenvalue weighted by molar-refractivity contribution is 0.0988. The van der Waals surface area contributed by atoms with Gasteiger partial charge in [-0.25, -0.2) is 4.98 Å². The van der Waals surface area contributed by atoms with Gasteiger partial charge in [-0.2, -0.15) is 0 Å². The van der Waals surface area contributed by atoms with Gasteiger partial charge in [0.2, 0.25) is 0 Å². The highest BCUT2D eigenvalue weighted by Crippen LogP contribution is 2.33. The van der Waals surface area contributed by atoms with Gasteiger partial charge in [0.15, 0.2) is 5.78 Å². The summed E-state index contributed by atoms with van der Waals surface area (Å²) in [6, 6.07) is 4.01. The standard InChI is InChI=1S/C13H10BrNO2S/c14-10-3-8-1-2-17-13(8)9(4-10)5-12(16)11-6-18-7-15-11/h3-4,6-7H,1-2,5H2. The summed E-state index contributed by atoms with van der Waals surface area (Å²) in [7, 11) is 0. The molecule has 0 aliphatic carbocycles. The molecule has 0 bridgehead atoms. The molecule has 1 aliphatic heterocycles. The van der Waals surface area contributed by atoms with Crippen molar-refractivity contribution in [1.82, 2.24) is 4.98 Å². The summed E-state index contributed by atoms with van der Waals surface area (Å²) in [5, 5.41) is 1.78. The molecule has 0 fully saturated rings. The normalized spacial score (nSPS) is 13.2. The molecule has 3 rings (SSSR count). The van der Waals surface area contributed by atoms with E-state index in [1.807, 2.05) is 6.07 Å². The van der Waals surface area contributed by atoms with E-state index in [0.717, 1.165) is 22.2 Å². The van der Waals surface area contributed by atoms with Crippen LogP contribution in [0.25, 0.3) is 0 Å². The number of carbonyl (C=O) groups excluding carboxylic acids is 1. The number of aromatic nitrogens is 1. The van der Waals surface area contributed by atoms with Gasteiger partial charge < -0.3 is 4.74 Å². The van der Waals surface area contributed by atoms with E-state index in [1.54, 1.807) is 10.9 Å². The van der Waals surface area contributed by atoms with Gasteiger partial charge in [-0.3, -0.25) is 4.79 Å². The van der Waals surface area contributed by atoms with Gasteiger partial charge >= 0.3 is 0 Å². The van der Waals surface area contributed by atoms with Crippen LogP contribution in [0.15, 0.2) is 27.5 Å². The minimum atomic E-state index is 0.0343. The molecule has 18 heavy (non-hydrogen) atoms. The molecule has 2 heterocycles. The lowest BCUT2D eigenvalue weighted by Gasteiger charge is -2.07. The summed E-state index contributed by atoms with van der Waals surface area (Å²) in [5.74, 6) is 0.911. The Labute approximate surface area is 117 Å². The van der Waals surface area contributed by atoms with Crippen molar-refractivity contribution in [1.29, 1.82) is 0 Å². The molecule has 0 amide bonds. The maximum Gasteiger partial charge on any atom is 0.186 e. The van der Waals surface area contributed by atoms with E-state index in [0.29, 0.717) is 18.7 Å². The number of fused-ring (bicyclic) bond motifs is 1. The molecule has 5 heteroatoms. The second-order valence-corrected chi connectivity index (χ2v) is 5.76. The maximum atomic E-state index is 12.1. The monoisotopic (exact) mass is 323 g/mol. The molecule has 0 spiro atoms. The quantitative estimate of drug-likeness (QED) is 0.814. The summed E-state index contributed by atoms with van der Waals surface area (Å²) in [6.45, 7) is 0.698. The zero-order chi connectivity index (χ0) is 12.5. The number of ketones is 1. The smallest absolute Gasteiger partial charge is 0.186 e. The van der Waals surface area contributed by atoms with Crippen molar-refractivity contribution in [2.75, 3.05) is 6.61 Å². The summed E-state index contributed by atoms with van der Waals surface area (Å²) in [4.78, 5) is 16.1. The molecule has 0 atom stereocenters. The maximum absolute atomic E-state index is 12.1. The first-order valence-corrected chi connectivity index (χ1v) is 7.33. The Morgan fingerprint density at radius 2 is 2.39 bits per heavy atom. The Morgan fingerprint density at radius 1 is 1.50 bits per heavy atom. The second kappa shape index (κ2) is 4.82. The van der Waals surface area contributed by atoms with Crippen molar-refractivity contribution < 1.29 is 9.53 Å². The fourth-order valence-corrected chi connectivity index (χ4v) is 3.20. The Kier molecular flexibility index (Phi) is 3.18. The highest BCUT2D eigenvalue weighted by atomic mass is 79.9. The number of Topliss-reactive ketones (excluding diaryl/α,β-unsaturated/α-hetero) is 1. The van der Waals surface area contributed by atoms with Crippen molar-refractivity contribution in [2.24, 2.45) is 0 Å². The third kappa shape index (κ3) is 2.20. The van der Waals surface area contributed by atoms with Gasteiger partial charge in [0.1, 0.15) is 11.4 Å². The predicted molar refractivity (Wildman–Crippen MR) is 73.5 cm³/mol. The second-order valence-electron chi connectivity index (χ2n) is 4.13. The van der Waals surface area contributed by atoms with Crippen molar-refractivity contribution in [3.8, 4) is 5.75 Å². The van der Waals surface area contributed by atoms with Crippen LogP contribution in [-0.2, 0) is 12.8 Å². The molecule has 0 radical (unpaired) electrons. The van der Waals surface area contributed by atoms with Crippen LogP contribution in [0.5, 0.6) is 5.75 Å². The largest absolute Gasteiger partial charge is 0.493 e.